The monoisotopic (exact) mass is 390 g/mol. The van der Waals surface area contributed by atoms with Crippen LogP contribution in [0.3, 0.4) is 0 Å². The summed E-state index contributed by atoms with van der Waals surface area (Å²) in [5.41, 5.74) is 2.36. The van der Waals surface area contributed by atoms with Crippen LogP contribution in [-0.2, 0) is 6.54 Å². The molecule has 0 atom stereocenters. The Morgan fingerprint density at radius 3 is 2.50 bits per heavy atom. The van der Waals surface area contributed by atoms with Crippen molar-refractivity contribution in [1.29, 1.82) is 0 Å². The van der Waals surface area contributed by atoms with Gasteiger partial charge in [0.15, 0.2) is 0 Å². The lowest BCUT2D eigenvalue weighted by atomic mass is 10.2. The molecule has 2 aromatic carbocycles. The fourth-order valence-electron chi connectivity index (χ4n) is 2.11. The van der Waals surface area contributed by atoms with E-state index in [-0.39, 0.29) is 0 Å². The van der Waals surface area contributed by atoms with Crippen molar-refractivity contribution in [1.82, 2.24) is 9.55 Å². The summed E-state index contributed by atoms with van der Waals surface area (Å²) >= 11 is 6.96. The summed E-state index contributed by atoms with van der Waals surface area (Å²) in [4.78, 5) is 4.47. The van der Waals surface area contributed by atoms with Gasteiger partial charge in [-0.15, -0.1) is 0 Å². The molecular formula is C16H12Br2N2. The average Bonchev–Trinajstić information content (AvgIpc) is 2.89. The quantitative estimate of drug-likeness (QED) is 0.605. The maximum atomic E-state index is 4.47. The van der Waals surface area contributed by atoms with Crippen molar-refractivity contribution in [2.24, 2.45) is 0 Å². The molecule has 0 unspecified atom stereocenters. The molecule has 3 rings (SSSR count). The summed E-state index contributed by atoms with van der Waals surface area (Å²) in [6.45, 7) is 0.815. The van der Waals surface area contributed by atoms with Crippen molar-refractivity contribution in [2.45, 2.75) is 6.54 Å². The molecule has 3 aromatic rings. The predicted molar refractivity (Wildman–Crippen MR) is 88.6 cm³/mol. The second-order valence-electron chi connectivity index (χ2n) is 4.52. The van der Waals surface area contributed by atoms with Crippen molar-refractivity contribution >= 4 is 31.9 Å². The number of rotatable bonds is 3. The summed E-state index contributed by atoms with van der Waals surface area (Å²) in [6.07, 6.45) is 3.85. The molecule has 4 heteroatoms. The molecule has 0 N–H and O–H groups in total. The Balaban J connectivity index is 1.92. The predicted octanol–water partition coefficient (Wildman–Crippen LogP) is 5.12. The second kappa shape index (κ2) is 5.94. The molecule has 0 aliphatic carbocycles. The van der Waals surface area contributed by atoms with Gasteiger partial charge in [0.05, 0.1) is 0 Å². The van der Waals surface area contributed by atoms with E-state index in [1.54, 1.807) is 0 Å². The molecule has 2 nitrogen and oxygen atoms in total. The first-order valence-electron chi connectivity index (χ1n) is 6.24. The van der Waals surface area contributed by atoms with Crippen LogP contribution in [0.5, 0.6) is 0 Å². The highest BCUT2D eigenvalue weighted by atomic mass is 79.9. The van der Waals surface area contributed by atoms with Crippen LogP contribution in [0.2, 0.25) is 0 Å². The van der Waals surface area contributed by atoms with Crippen LogP contribution in [0.1, 0.15) is 5.56 Å². The Labute approximate surface area is 134 Å². The van der Waals surface area contributed by atoms with E-state index in [4.69, 9.17) is 0 Å². The fraction of sp³-hybridized carbons (Fsp3) is 0.0625. The standard InChI is InChI=1S/C16H12Br2N2/c17-14-6-4-12(5-7-14)11-20-9-8-19-16(20)13-2-1-3-15(18)10-13/h1-10H,11H2. The van der Waals surface area contributed by atoms with Crippen LogP contribution < -0.4 is 0 Å². The van der Waals surface area contributed by atoms with Crippen molar-refractivity contribution in [3.8, 4) is 11.4 Å². The third-order valence-electron chi connectivity index (χ3n) is 3.06. The first-order valence-corrected chi connectivity index (χ1v) is 7.82. The molecule has 0 amide bonds. The van der Waals surface area contributed by atoms with Gasteiger partial charge in [0.1, 0.15) is 5.82 Å². The average molecular weight is 392 g/mol. The van der Waals surface area contributed by atoms with Gasteiger partial charge in [-0.05, 0) is 29.8 Å². The van der Waals surface area contributed by atoms with Crippen LogP contribution in [0.25, 0.3) is 11.4 Å². The molecule has 20 heavy (non-hydrogen) atoms. The Morgan fingerprint density at radius 1 is 0.950 bits per heavy atom. The van der Waals surface area contributed by atoms with E-state index in [1.165, 1.54) is 5.56 Å². The minimum Gasteiger partial charge on any atom is -0.327 e. The van der Waals surface area contributed by atoms with E-state index >= 15 is 0 Å². The molecule has 0 saturated heterocycles. The maximum absolute atomic E-state index is 4.47. The zero-order valence-corrected chi connectivity index (χ0v) is 13.8. The Bertz CT molecular complexity index is 717. The second-order valence-corrected chi connectivity index (χ2v) is 6.35. The molecule has 1 aromatic heterocycles. The van der Waals surface area contributed by atoms with Crippen molar-refractivity contribution in [3.05, 3.63) is 75.4 Å². The highest BCUT2D eigenvalue weighted by Crippen LogP contribution is 2.22. The Morgan fingerprint density at radius 2 is 1.75 bits per heavy atom. The minimum atomic E-state index is 0.815. The fourth-order valence-corrected chi connectivity index (χ4v) is 2.77. The van der Waals surface area contributed by atoms with Crippen molar-refractivity contribution in [2.75, 3.05) is 0 Å². The van der Waals surface area contributed by atoms with Gasteiger partial charge in [-0.2, -0.15) is 0 Å². The number of hydrogen-bond acceptors (Lipinski definition) is 1. The number of aromatic nitrogens is 2. The summed E-state index contributed by atoms with van der Waals surface area (Å²) in [5, 5.41) is 0. The largest absolute Gasteiger partial charge is 0.327 e. The Hall–Kier alpha value is -1.39. The molecular weight excluding hydrogens is 380 g/mol. The first-order chi connectivity index (χ1) is 9.72. The van der Waals surface area contributed by atoms with Gasteiger partial charge in [-0.1, -0.05) is 56.1 Å². The smallest absolute Gasteiger partial charge is 0.140 e. The van der Waals surface area contributed by atoms with Gasteiger partial charge in [0, 0.05) is 33.4 Å². The van der Waals surface area contributed by atoms with Gasteiger partial charge in [-0.25, -0.2) is 4.98 Å². The van der Waals surface area contributed by atoms with Crippen LogP contribution in [0.4, 0.5) is 0 Å². The number of nitrogens with zero attached hydrogens (tertiary/aromatic N) is 2. The highest BCUT2D eigenvalue weighted by molar-refractivity contribution is 9.10. The van der Waals surface area contributed by atoms with Crippen LogP contribution in [0.15, 0.2) is 69.9 Å². The van der Waals surface area contributed by atoms with E-state index in [0.717, 1.165) is 26.9 Å². The number of benzene rings is 2. The first kappa shape index (κ1) is 13.6. The molecule has 0 radical (unpaired) electrons. The highest BCUT2D eigenvalue weighted by Gasteiger charge is 2.06. The topological polar surface area (TPSA) is 17.8 Å². The van der Waals surface area contributed by atoms with Gasteiger partial charge in [0.2, 0.25) is 0 Å². The van der Waals surface area contributed by atoms with Crippen LogP contribution in [0, 0.1) is 0 Å². The molecule has 0 aliphatic heterocycles. The zero-order chi connectivity index (χ0) is 13.9. The van der Waals surface area contributed by atoms with E-state index in [1.807, 2.05) is 24.5 Å². The van der Waals surface area contributed by atoms with Gasteiger partial charge in [0.25, 0.3) is 0 Å². The van der Waals surface area contributed by atoms with Crippen LogP contribution in [-0.4, -0.2) is 9.55 Å². The minimum absolute atomic E-state index is 0.815. The maximum Gasteiger partial charge on any atom is 0.140 e. The van der Waals surface area contributed by atoms with Gasteiger partial charge < -0.3 is 4.57 Å². The third-order valence-corrected chi connectivity index (χ3v) is 4.09. The van der Waals surface area contributed by atoms with E-state index in [9.17, 15) is 0 Å². The van der Waals surface area contributed by atoms with E-state index in [0.29, 0.717) is 0 Å². The molecule has 0 bridgehead atoms. The molecule has 0 saturated carbocycles. The number of imidazole rings is 1. The summed E-state index contributed by atoms with van der Waals surface area (Å²) in [7, 11) is 0. The van der Waals surface area contributed by atoms with E-state index < -0.39 is 0 Å². The number of hydrogen-bond donors (Lipinski definition) is 0. The van der Waals surface area contributed by atoms with Crippen molar-refractivity contribution in [3.63, 3.8) is 0 Å². The molecule has 0 fully saturated rings. The van der Waals surface area contributed by atoms with Crippen molar-refractivity contribution < 1.29 is 0 Å². The lowest BCUT2D eigenvalue weighted by Crippen LogP contribution is -2.00. The Kier molecular flexibility index (Phi) is 4.03. The molecule has 0 aliphatic rings. The molecule has 0 spiro atoms. The lowest BCUT2D eigenvalue weighted by molar-refractivity contribution is 0.807. The van der Waals surface area contributed by atoms with Gasteiger partial charge in [-0.3, -0.25) is 0 Å². The van der Waals surface area contributed by atoms with Gasteiger partial charge >= 0.3 is 0 Å². The van der Waals surface area contributed by atoms with Crippen LogP contribution >= 0.6 is 31.9 Å². The zero-order valence-electron chi connectivity index (χ0n) is 10.6. The summed E-state index contributed by atoms with van der Waals surface area (Å²) < 4.78 is 4.32. The van der Waals surface area contributed by atoms with E-state index in [2.05, 4.69) is 77.8 Å². The normalized spacial score (nSPS) is 10.7. The SMILES string of the molecule is Brc1ccc(Cn2ccnc2-c2cccc(Br)c2)cc1. The molecule has 1 heterocycles. The third kappa shape index (κ3) is 3.02. The number of halogens is 2. The molecule has 100 valence electrons. The summed E-state index contributed by atoms with van der Waals surface area (Å²) in [6, 6.07) is 16.6. The summed E-state index contributed by atoms with van der Waals surface area (Å²) in [5.74, 6) is 0.981. The lowest BCUT2D eigenvalue weighted by Gasteiger charge is -2.08.